The molecule has 1 unspecified atom stereocenters. The monoisotopic (exact) mass is 476 g/mol. The standard InChI is InChI=1S/C24H29FN2O3S2/c1-5-24(3,4)15-10-11-17-18(13-15)32-21(19(17)22(29)30-6-2)27-23(31)26-20(28)14-8-7-9-16(25)12-14/h7-9,12,15H,5-6,10-11,13H2,1-4H3,(H2,26,27,28,31). The summed E-state index contributed by atoms with van der Waals surface area (Å²) in [7, 11) is 0. The lowest BCUT2D eigenvalue weighted by Crippen LogP contribution is -2.34. The van der Waals surface area contributed by atoms with Gasteiger partial charge in [-0.1, -0.05) is 33.3 Å². The first-order valence-electron chi connectivity index (χ1n) is 10.9. The summed E-state index contributed by atoms with van der Waals surface area (Å²) in [5.74, 6) is -0.886. The topological polar surface area (TPSA) is 67.4 Å². The zero-order valence-corrected chi connectivity index (χ0v) is 20.5. The van der Waals surface area contributed by atoms with Gasteiger partial charge in [0.2, 0.25) is 0 Å². The number of amides is 1. The van der Waals surface area contributed by atoms with Gasteiger partial charge in [-0.15, -0.1) is 11.3 Å². The maximum atomic E-state index is 13.4. The van der Waals surface area contributed by atoms with Gasteiger partial charge >= 0.3 is 5.97 Å². The Balaban J connectivity index is 1.83. The molecule has 0 fully saturated rings. The van der Waals surface area contributed by atoms with E-state index in [0.717, 1.165) is 42.2 Å². The van der Waals surface area contributed by atoms with Crippen LogP contribution < -0.4 is 10.6 Å². The van der Waals surface area contributed by atoms with Crippen molar-refractivity contribution in [3.8, 4) is 0 Å². The van der Waals surface area contributed by atoms with Crippen LogP contribution in [0, 0.1) is 17.2 Å². The maximum absolute atomic E-state index is 13.4. The van der Waals surface area contributed by atoms with E-state index >= 15 is 0 Å². The lowest BCUT2D eigenvalue weighted by Gasteiger charge is -2.36. The van der Waals surface area contributed by atoms with Crippen molar-refractivity contribution in [1.82, 2.24) is 5.32 Å². The smallest absolute Gasteiger partial charge is 0.341 e. The predicted molar refractivity (Wildman–Crippen MR) is 130 cm³/mol. The van der Waals surface area contributed by atoms with Gasteiger partial charge in [0.05, 0.1) is 12.2 Å². The van der Waals surface area contributed by atoms with Crippen LogP contribution in [-0.2, 0) is 17.6 Å². The average Bonchev–Trinajstić information content (AvgIpc) is 3.10. The molecule has 1 amide bonds. The first kappa shape index (κ1) is 24.3. The van der Waals surface area contributed by atoms with Crippen LogP contribution in [-0.4, -0.2) is 23.6 Å². The number of halogens is 1. The van der Waals surface area contributed by atoms with E-state index in [2.05, 4.69) is 31.4 Å². The Labute approximate surface area is 197 Å². The second kappa shape index (κ2) is 10.1. The van der Waals surface area contributed by atoms with Crippen molar-refractivity contribution in [2.75, 3.05) is 11.9 Å². The number of anilines is 1. The summed E-state index contributed by atoms with van der Waals surface area (Å²) in [6.45, 7) is 8.83. The third-order valence-corrected chi connectivity index (χ3v) is 7.68. The Bertz CT molecular complexity index is 1030. The molecule has 0 saturated heterocycles. The van der Waals surface area contributed by atoms with E-state index in [1.165, 1.54) is 29.5 Å². The SMILES string of the molecule is CCOC(=O)c1c(NC(=S)NC(=O)c2cccc(F)c2)sc2c1CCC(C(C)(C)CC)C2. The second-order valence-electron chi connectivity index (χ2n) is 8.63. The van der Waals surface area contributed by atoms with Crippen molar-refractivity contribution < 1.29 is 18.7 Å². The molecule has 3 rings (SSSR count). The molecule has 1 aliphatic rings. The molecule has 0 radical (unpaired) electrons. The van der Waals surface area contributed by atoms with Gasteiger partial charge in [-0.05, 0) is 73.5 Å². The van der Waals surface area contributed by atoms with E-state index in [-0.39, 0.29) is 28.7 Å². The molecule has 0 spiro atoms. The fourth-order valence-electron chi connectivity index (χ4n) is 3.99. The van der Waals surface area contributed by atoms with Gasteiger partial charge in [-0.3, -0.25) is 10.1 Å². The maximum Gasteiger partial charge on any atom is 0.341 e. The van der Waals surface area contributed by atoms with E-state index in [9.17, 15) is 14.0 Å². The van der Waals surface area contributed by atoms with Gasteiger partial charge < -0.3 is 10.1 Å². The minimum Gasteiger partial charge on any atom is -0.462 e. The number of thiocarbonyl (C=S) groups is 1. The first-order chi connectivity index (χ1) is 15.2. The molecular formula is C24H29FN2O3S2. The average molecular weight is 477 g/mol. The highest BCUT2D eigenvalue weighted by Gasteiger charge is 2.35. The molecule has 2 N–H and O–H groups in total. The van der Waals surface area contributed by atoms with E-state index in [1.54, 1.807) is 6.92 Å². The van der Waals surface area contributed by atoms with Crippen LogP contribution >= 0.6 is 23.6 Å². The molecule has 0 aliphatic heterocycles. The van der Waals surface area contributed by atoms with Gasteiger partial charge in [0.15, 0.2) is 5.11 Å². The zero-order chi connectivity index (χ0) is 23.5. The molecule has 1 aliphatic carbocycles. The summed E-state index contributed by atoms with van der Waals surface area (Å²) in [5, 5.41) is 6.20. The quantitative estimate of drug-likeness (QED) is 0.412. The number of thiophene rings is 1. The predicted octanol–water partition coefficient (Wildman–Crippen LogP) is 5.73. The van der Waals surface area contributed by atoms with Crippen molar-refractivity contribution in [3.05, 3.63) is 51.7 Å². The molecule has 1 heterocycles. The van der Waals surface area contributed by atoms with E-state index in [0.29, 0.717) is 16.5 Å². The van der Waals surface area contributed by atoms with Crippen LogP contribution in [0.1, 0.15) is 71.7 Å². The van der Waals surface area contributed by atoms with E-state index in [1.807, 2.05) is 0 Å². The minimum absolute atomic E-state index is 0.0499. The Kier molecular flexibility index (Phi) is 7.67. The van der Waals surface area contributed by atoms with Crippen LogP contribution in [0.4, 0.5) is 9.39 Å². The third-order valence-electron chi connectivity index (χ3n) is 6.30. The normalized spacial score (nSPS) is 15.6. The molecule has 5 nitrogen and oxygen atoms in total. The Morgan fingerprint density at radius 3 is 2.72 bits per heavy atom. The van der Waals surface area contributed by atoms with Gasteiger partial charge in [-0.2, -0.15) is 0 Å². The highest BCUT2D eigenvalue weighted by molar-refractivity contribution is 7.80. The Morgan fingerprint density at radius 1 is 1.31 bits per heavy atom. The summed E-state index contributed by atoms with van der Waals surface area (Å²) < 4.78 is 18.7. The van der Waals surface area contributed by atoms with Crippen molar-refractivity contribution in [2.24, 2.45) is 11.3 Å². The molecule has 0 saturated carbocycles. The Morgan fingerprint density at radius 2 is 2.06 bits per heavy atom. The lowest BCUT2D eigenvalue weighted by molar-refractivity contribution is 0.0526. The molecular weight excluding hydrogens is 447 g/mol. The molecule has 1 atom stereocenters. The summed E-state index contributed by atoms with van der Waals surface area (Å²) in [4.78, 5) is 26.3. The molecule has 32 heavy (non-hydrogen) atoms. The van der Waals surface area contributed by atoms with Crippen LogP contribution in [0.3, 0.4) is 0 Å². The third kappa shape index (κ3) is 5.35. The summed E-state index contributed by atoms with van der Waals surface area (Å²) in [5.41, 5.74) is 1.89. The number of ether oxygens (including phenoxy) is 1. The number of carbonyl (C=O) groups is 2. The number of fused-ring (bicyclic) bond motifs is 1. The lowest BCUT2D eigenvalue weighted by atomic mass is 9.69. The van der Waals surface area contributed by atoms with Crippen molar-refractivity contribution >= 4 is 45.5 Å². The van der Waals surface area contributed by atoms with Crippen LogP contribution in [0.15, 0.2) is 24.3 Å². The number of esters is 1. The Hall–Kier alpha value is -2.32. The number of hydrogen-bond acceptors (Lipinski definition) is 5. The number of hydrogen-bond donors (Lipinski definition) is 2. The van der Waals surface area contributed by atoms with Crippen LogP contribution in [0.2, 0.25) is 0 Å². The van der Waals surface area contributed by atoms with E-state index < -0.39 is 11.7 Å². The number of carbonyl (C=O) groups excluding carboxylic acids is 2. The second-order valence-corrected chi connectivity index (χ2v) is 10.1. The summed E-state index contributed by atoms with van der Waals surface area (Å²) >= 11 is 6.80. The van der Waals surface area contributed by atoms with Crippen molar-refractivity contribution in [1.29, 1.82) is 0 Å². The van der Waals surface area contributed by atoms with Crippen LogP contribution in [0.5, 0.6) is 0 Å². The molecule has 1 aromatic carbocycles. The first-order valence-corrected chi connectivity index (χ1v) is 12.1. The molecule has 2 aromatic rings. The van der Waals surface area contributed by atoms with Crippen molar-refractivity contribution in [3.63, 3.8) is 0 Å². The van der Waals surface area contributed by atoms with Crippen molar-refractivity contribution in [2.45, 2.75) is 53.4 Å². The number of rotatable bonds is 6. The highest BCUT2D eigenvalue weighted by Crippen LogP contribution is 2.45. The summed E-state index contributed by atoms with van der Waals surface area (Å²) in [6, 6.07) is 5.37. The van der Waals surface area contributed by atoms with Gasteiger partial charge in [0.1, 0.15) is 10.8 Å². The fraction of sp³-hybridized carbons (Fsp3) is 0.458. The number of benzene rings is 1. The molecule has 8 heteroatoms. The van der Waals surface area contributed by atoms with Gasteiger partial charge in [0.25, 0.3) is 5.91 Å². The molecule has 0 bridgehead atoms. The zero-order valence-electron chi connectivity index (χ0n) is 18.8. The largest absolute Gasteiger partial charge is 0.462 e. The molecule has 172 valence electrons. The fourth-order valence-corrected chi connectivity index (χ4v) is 5.57. The van der Waals surface area contributed by atoms with Gasteiger partial charge in [-0.25, -0.2) is 9.18 Å². The minimum atomic E-state index is -0.522. The highest BCUT2D eigenvalue weighted by atomic mass is 32.1. The molecule has 1 aromatic heterocycles. The van der Waals surface area contributed by atoms with Gasteiger partial charge in [0, 0.05) is 10.4 Å². The summed E-state index contributed by atoms with van der Waals surface area (Å²) in [6.07, 6.45) is 3.80. The van der Waals surface area contributed by atoms with Crippen LogP contribution in [0.25, 0.3) is 0 Å². The van der Waals surface area contributed by atoms with E-state index in [4.69, 9.17) is 17.0 Å². The number of nitrogens with one attached hydrogen (secondary N) is 2.